The van der Waals surface area contributed by atoms with Gasteiger partial charge in [-0.3, -0.25) is 4.79 Å². The van der Waals surface area contributed by atoms with Gasteiger partial charge in [-0.05, 0) is 38.5 Å². The Bertz CT molecular complexity index is 515. The molecule has 0 aliphatic carbocycles. The summed E-state index contributed by atoms with van der Waals surface area (Å²) in [5.41, 5.74) is 7.72. The zero-order valence-electron chi connectivity index (χ0n) is 12.3. The molecule has 0 heterocycles. The Balaban J connectivity index is 2.81. The Hall–Kier alpha value is -1.83. The summed E-state index contributed by atoms with van der Waals surface area (Å²) in [5.74, 6) is 5.58. The van der Waals surface area contributed by atoms with Crippen molar-refractivity contribution in [3.8, 4) is 11.8 Å². The highest BCUT2D eigenvalue weighted by Gasteiger charge is 2.11. The summed E-state index contributed by atoms with van der Waals surface area (Å²) in [6.45, 7) is 7.20. The van der Waals surface area contributed by atoms with Gasteiger partial charge in [0.2, 0.25) is 0 Å². The van der Waals surface area contributed by atoms with Gasteiger partial charge >= 0.3 is 0 Å². The average Bonchev–Trinajstić information content (AvgIpc) is 2.43. The van der Waals surface area contributed by atoms with Gasteiger partial charge in [-0.25, -0.2) is 0 Å². The topological polar surface area (TPSA) is 64.3 Å². The van der Waals surface area contributed by atoms with Gasteiger partial charge in [0, 0.05) is 18.7 Å². The number of rotatable bonds is 5. The van der Waals surface area contributed by atoms with Crippen molar-refractivity contribution in [2.45, 2.75) is 26.9 Å². The van der Waals surface area contributed by atoms with E-state index in [9.17, 15) is 4.79 Å². The molecule has 3 N–H and O–H groups in total. The van der Waals surface area contributed by atoms with Gasteiger partial charge in [-0.1, -0.05) is 17.9 Å². The van der Waals surface area contributed by atoms with Crippen LogP contribution in [0.15, 0.2) is 18.2 Å². The van der Waals surface area contributed by atoms with E-state index in [1.54, 1.807) is 6.07 Å². The van der Waals surface area contributed by atoms with Crippen LogP contribution in [0.5, 0.6) is 0 Å². The summed E-state index contributed by atoms with van der Waals surface area (Å²) in [6.07, 6.45) is -0.00651. The summed E-state index contributed by atoms with van der Waals surface area (Å²) in [7, 11) is 0. The molecule has 0 aliphatic heterocycles. The fourth-order valence-electron chi connectivity index (χ4n) is 1.78. The van der Waals surface area contributed by atoms with Crippen molar-refractivity contribution in [3.05, 3.63) is 34.9 Å². The first-order valence-corrected chi connectivity index (χ1v) is 6.77. The predicted octanol–water partition coefficient (Wildman–Crippen LogP) is 1.46. The molecule has 4 heteroatoms. The van der Waals surface area contributed by atoms with E-state index in [2.05, 4.69) is 17.2 Å². The Morgan fingerprint density at radius 1 is 1.50 bits per heavy atom. The van der Waals surface area contributed by atoms with Crippen LogP contribution >= 0.6 is 0 Å². The molecular weight excluding hydrogens is 252 g/mol. The van der Waals surface area contributed by atoms with Gasteiger partial charge in [0.1, 0.15) is 0 Å². The maximum atomic E-state index is 12.2. The number of ether oxygens (including phenoxy) is 1. The van der Waals surface area contributed by atoms with Crippen LogP contribution in [0, 0.1) is 18.8 Å². The lowest BCUT2D eigenvalue weighted by Crippen LogP contribution is -2.32. The molecule has 108 valence electrons. The molecule has 20 heavy (non-hydrogen) atoms. The fourth-order valence-corrected chi connectivity index (χ4v) is 1.78. The number of nitrogens with two attached hydrogens (primary N) is 1. The van der Waals surface area contributed by atoms with Gasteiger partial charge in [-0.2, -0.15) is 0 Å². The van der Waals surface area contributed by atoms with E-state index in [0.717, 1.165) is 5.56 Å². The van der Waals surface area contributed by atoms with Crippen LogP contribution in [0.25, 0.3) is 0 Å². The second-order valence-corrected chi connectivity index (χ2v) is 4.53. The number of nitrogens with one attached hydrogen (secondary N) is 1. The average molecular weight is 274 g/mol. The second kappa shape index (κ2) is 8.36. The molecule has 0 fully saturated rings. The molecule has 0 bridgehead atoms. The van der Waals surface area contributed by atoms with Crippen LogP contribution in [0.3, 0.4) is 0 Å². The highest BCUT2D eigenvalue weighted by Crippen LogP contribution is 2.10. The molecule has 1 aromatic carbocycles. The molecule has 0 saturated carbocycles. The Labute approximate surface area is 120 Å². The molecule has 0 saturated heterocycles. The molecule has 1 rings (SSSR count). The van der Waals surface area contributed by atoms with Crippen LogP contribution in [0.2, 0.25) is 0 Å². The second-order valence-electron chi connectivity index (χ2n) is 4.53. The zero-order valence-corrected chi connectivity index (χ0v) is 12.3. The Kier molecular flexibility index (Phi) is 6.78. The van der Waals surface area contributed by atoms with Crippen molar-refractivity contribution in [1.82, 2.24) is 5.32 Å². The largest absolute Gasteiger partial charge is 0.377 e. The van der Waals surface area contributed by atoms with Crippen LogP contribution in [-0.2, 0) is 4.74 Å². The number of carbonyl (C=O) groups is 1. The fraction of sp³-hybridized carbons (Fsp3) is 0.438. The van der Waals surface area contributed by atoms with E-state index in [1.165, 1.54) is 0 Å². The van der Waals surface area contributed by atoms with Crippen LogP contribution in [-0.4, -0.2) is 31.7 Å². The monoisotopic (exact) mass is 274 g/mol. The smallest absolute Gasteiger partial charge is 0.252 e. The molecule has 0 aromatic heterocycles. The van der Waals surface area contributed by atoms with E-state index >= 15 is 0 Å². The van der Waals surface area contributed by atoms with Crippen LogP contribution in [0.4, 0.5) is 0 Å². The van der Waals surface area contributed by atoms with Crippen molar-refractivity contribution in [2.24, 2.45) is 5.73 Å². The summed E-state index contributed by atoms with van der Waals surface area (Å²) in [4.78, 5) is 12.2. The first-order valence-electron chi connectivity index (χ1n) is 6.77. The number of carbonyl (C=O) groups excluding carboxylic acids is 1. The van der Waals surface area contributed by atoms with Crippen molar-refractivity contribution >= 4 is 5.91 Å². The number of benzene rings is 1. The summed E-state index contributed by atoms with van der Waals surface area (Å²) in [6, 6.07) is 5.58. The summed E-state index contributed by atoms with van der Waals surface area (Å²) in [5, 5.41) is 2.86. The van der Waals surface area contributed by atoms with E-state index in [4.69, 9.17) is 10.5 Å². The third-order valence-electron chi connectivity index (χ3n) is 2.75. The third kappa shape index (κ3) is 5.04. The molecule has 4 nitrogen and oxygen atoms in total. The van der Waals surface area contributed by atoms with Gasteiger partial charge in [0.05, 0.1) is 18.2 Å². The molecule has 0 aliphatic rings. The van der Waals surface area contributed by atoms with Gasteiger partial charge in [0.15, 0.2) is 0 Å². The standard InChI is InChI=1S/C16H22N2O2/c1-4-20-13(3)11-18-16(19)15-8-7-12(2)10-14(15)6-5-9-17/h7-8,10,13H,4,9,11,17H2,1-3H3,(H,18,19). The molecule has 0 radical (unpaired) electrons. The van der Waals surface area contributed by atoms with Crippen LogP contribution < -0.4 is 11.1 Å². The number of hydrogen-bond acceptors (Lipinski definition) is 3. The van der Waals surface area contributed by atoms with E-state index < -0.39 is 0 Å². The van der Waals surface area contributed by atoms with E-state index in [-0.39, 0.29) is 18.6 Å². The van der Waals surface area contributed by atoms with Crippen molar-refractivity contribution in [1.29, 1.82) is 0 Å². The summed E-state index contributed by atoms with van der Waals surface area (Å²) < 4.78 is 5.38. The molecule has 1 amide bonds. The first kappa shape index (κ1) is 16.2. The van der Waals surface area contributed by atoms with E-state index in [1.807, 2.05) is 32.9 Å². The van der Waals surface area contributed by atoms with Crippen molar-refractivity contribution in [2.75, 3.05) is 19.7 Å². The highest BCUT2D eigenvalue weighted by molar-refractivity contribution is 5.96. The predicted molar refractivity (Wildman–Crippen MR) is 80.5 cm³/mol. The lowest BCUT2D eigenvalue weighted by atomic mass is 10.0. The number of hydrogen-bond donors (Lipinski definition) is 2. The quantitative estimate of drug-likeness (QED) is 0.799. The Morgan fingerprint density at radius 2 is 2.25 bits per heavy atom. The first-order chi connectivity index (χ1) is 9.58. The maximum Gasteiger partial charge on any atom is 0.252 e. The zero-order chi connectivity index (χ0) is 15.0. The normalized spacial score (nSPS) is 11.4. The van der Waals surface area contributed by atoms with Gasteiger partial charge in [-0.15, -0.1) is 0 Å². The highest BCUT2D eigenvalue weighted by atomic mass is 16.5. The molecule has 1 unspecified atom stereocenters. The SMILES string of the molecule is CCOC(C)CNC(=O)c1ccc(C)cc1C#CCN. The van der Waals surface area contributed by atoms with Gasteiger partial charge < -0.3 is 15.8 Å². The number of amides is 1. The minimum Gasteiger partial charge on any atom is -0.377 e. The molecule has 1 aromatic rings. The minimum atomic E-state index is -0.141. The third-order valence-corrected chi connectivity index (χ3v) is 2.75. The molecular formula is C16H22N2O2. The minimum absolute atomic E-state index is 0.00651. The number of aryl methyl sites for hydroxylation is 1. The summed E-state index contributed by atoms with van der Waals surface area (Å²) >= 11 is 0. The molecule has 0 spiro atoms. The maximum absolute atomic E-state index is 12.2. The Morgan fingerprint density at radius 3 is 2.90 bits per heavy atom. The van der Waals surface area contributed by atoms with Crippen LogP contribution in [0.1, 0.15) is 35.3 Å². The lowest BCUT2D eigenvalue weighted by Gasteiger charge is -2.13. The van der Waals surface area contributed by atoms with Crippen molar-refractivity contribution in [3.63, 3.8) is 0 Å². The lowest BCUT2D eigenvalue weighted by molar-refractivity contribution is 0.0695. The molecule has 1 atom stereocenters. The van der Waals surface area contributed by atoms with Crippen molar-refractivity contribution < 1.29 is 9.53 Å². The van der Waals surface area contributed by atoms with E-state index in [0.29, 0.717) is 24.3 Å². The van der Waals surface area contributed by atoms with Gasteiger partial charge in [0.25, 0.3) is 5.91 Å².